The number of anilines is 3. The molecule has 5 nitrogen and oxygen atoms in total. The number of para-hydroxylation sites is 1. The second-order valence-corrected chi connectivity index (χ2v) is 5.90. The number of nitrogens with one attached hydrogen (secondary N) is 1. The van der Waals surface area contributed by atoms with Gasteiger partial charge in [-0.1, -0.05) is 18.2 Å². The van der Waals surface area contributed by atoms with Gasteiger partial charge in [0, 0.05) is 24.1 Å². The summed E-state index contributed by atoms with van der Waals surface area (Å²) < 4.78 is 5.41. The van der Waals surface area contributed by atoms with Crippen LogP contribution < -0.4 is 15.0 Å². The van der Waals surface area contributed by atoms with Crippen molar-refractivity contribution in [2.24, 2.45) is 0 Å². The van der Waals surface area contributed by atoms with Crippen LogP contribution in [0.4, 0.5) is 17.2 Å². The highest BCUT2D eigenvalue weighted by atomic mass is 16.5. The summed E-state index contributed by atoms with van der Waals surface area (Å²) in [6, 6.07) is 21.0. The van der Waals surface area contributed by atoms with Crippen LogP contribution in [0.3, 0.4) is 0 Å². The monoisotopic (exact) mass is 361 g/mol. The highest BCUT2D eigenvalue weighted by Gasteiger charge is 2.11. The van der Waals surface area contributed by atoms with Gasteiger partial charge in [-0.15, -0.1) is 0 Å². The van der Waals surface area contributed by atoms with Crippen LogP contribution in [-0.4, -0.2) is 24.0 Å². The summed E-state index contributed by atoms with van der Waals surface area (Å²) in [5.74, 6) is 1.39. The Morgan fingerprint density at radius 3 is 2.33 bits per heavy atom. The lowest BCUT2D eigenvalue weighted by atomic mass is 10.2. The lowest BCUT2D eigenvalue weighted by molar-refractivity contribution is 0.102. The summed E-state index contributed by atoms with van der Waals surface area (Å²) in [5.41, 5.74) is 2.29. The Kier molecular flexibility index (Phi) is 6.05. The van der Waals surface area contributed by atoms with E-state index in [9.17, 15) is 4.79 Å². The van der Waals surface area contributed by atoms with Crippen LogP contribution in [0.15, 0.2) is 72.9 Å². The van der Waals surface area contributed by atoms with E-state index in [2.05, 4.69) is 22.1 Å². The number of carbonyl (C=O) groups is 1. The molecule has 0 aliphatic rings. The van der Waals surface area contributed by atoms with Crippen LogP contribution in [0.5, 0.6) is 5.75 Å². The molecule has 5 heteroatoms. The number of amides is 1. The molecule has 0 radical (unpaired) electrons. The van der Waals surface area contributed by atoms with E-state index in [-0.39, 0.29) is 5.91 Å². The van der Waals surface area contributed by atoms with Crippen molar-refractivity contribution in [2.45, 2.75) is 13.8 Å². The average molecular weight is 361 g/mol. The zero-order chi connectivity index (χ0) is 19.1. The maximum atomic E-state index is 12.4. The first-order valence-corrected chi connectivity index (χ1v) is 9.04. The van der Waals surface area contributed by atoms with Gasteiger partial charge in [-0.25, -0.2) is 4.98 Å². The van der Waals surface area contributed by atoms with Crippen LogP contribution in [0.2, 0.25) is 0 Å². The standard InChI is InChI=1S/C22H23N3O2/c1-3-25(19-8-6-5-7-9-19)21-15-10-17(16-23-21)22(26)24-18-11-13-20(14-12-18)27-4-2/h5-16H,3-4H2,1-2H3,(H,24,26). The van der Waals surface area contributed by atoms with Crippen molar-refractivity contribution in [3.8, 4) is 5.75 Å². The molecule has 0 unspecified atom stereocenters. The number of benzene rings is 2. The SMILES string of the molecule is CCOc1ccc(NC(=O)c2ccc(N(CC)c3ccccc3)nc2)cc1. The molecule has 3 aromatic rings. The molecule has 0 saturated heterocycles. The molecule has 0 saturated carbocycles. The maximum absolute atomic E-state index is 12.4. The van der Waals surface area contributed by atoms with Gasteiger partial charge in [0.2, 0.25) is 0 Å². The molecule has 0 atom stereocenters. The van der Waals surface area contributed by atoms with E-state index in [1.165, 1.54) is 0 Å². The minimum absolute atomic E-state index is 0.194. The Hall–Kier alpha value is -3.34. The minimum Gasteiger partial charge on any atom is -0.494 e. The lowest BCUT2D eigenvalue weighted by Gasteiger charge is -2.22. The summed E-state index contributed by atoms with van der Waals surface area (Å²) in [6.45, 7) is 5.40. The minimum atomic E-state index is -0.194. The number of nitrogens with zero attached hydrogens (tertiary/aromatic N) is 2. The number of hydrogen-bond donors (Lipinski definition) is 1. The zero-order valence-electron chi connectivity index (χ0n) is 15.6. The van der Waals surface area contributed by atoms with Crippen molar-refractivity contribution in [1.29, 1.82) is 0 Å². The van der Waals surface area contributed by atoms with Gasteiger partial charge in [0.15, 0.2) is 0 Å². The largest absolute Gasteiger partial charge is 0.494 e. The third-order valence-corrected chi connectivity index (χ3v) is 4.09. The Bertz CT molecular complexity index is 862. The molecule has 1 amide bonds. The molecule has 0 aliphatic carbocycles. The van der Waals surface area contributed by atoms with Crippen molar-refractivity contribution in [2.75, 3.05) is 23.4 Å². The van der Waals surface area contributed by atoms with Gasteiger partial charge in [-0.05, 0) is 62.4 Å². The molecular weight excluding hydrogens is 338 g/mol. The van der Waals surface area contributed by atoms with Gasteiger partial charge in [-0.3, -0.25) is 4.79 Å². The molecule has 1 N–H and O–H groups in total. The number of carbonyl (C=O) groups excluding carboxylic acids is 1. The molecule has 1 aromatic heterocycles. The van der Waals surface area contributed by atoms with Crippen LogP contribution in [0.1, 0.15) is 24.2 Å². The van der Waals surface area contributed by atoms with Crippen LogP contribution in [-0.2, 0) is 0 Å². The number of pyridine rings is 1. The highest BCUT2D eigenvalue weighted by Crippen LogP contribution is 2.23. The predicted octanol–water partition coefficient (Wildman–Crippen LogP) is 4.89. The van der Waals surface area contributed by atoms with Gasteiger partial charge in [-0.2, -0.15) is 0 Å². The Morgan fingerprint density at radius 1 is 1.00 bits per heavy atom. The first kappa shape index (κ1) is 18.5. The number of rotatable bonds is 7. The summed E-state index contributed by atoms with van der Waals surface area (Å²) in [7, 11) is 0. The summed E-state index contributed by atoms with van der Waals surface area (Å²) in [5, 5.41) is 2.87. The van der Waals surface area contributed by atoms with E-state index in [4.69, 9.17) is 4.74 Å². The molecule has 0 fully saturated rings. The van der Waals surface area contributed by atoms with E-state index in [0.717, 1.165) is 23.8 Å². The van der Waals surface area contributed by atoms with Gasteiger partial charge < -0.3 is 15.0 Å². The van der Waals surface area contributed by atoms with E-state index in [1.54, 1.807) is 12.3 Å². The number of hydrogen-bond acceptors (Lipinski definition) is 4. The summed E-state index contributed by atoms with van der Waals surface area (Å²) >= 11 is 0. The Balaban J connectivity index is 1.69. The fraction of sp³-hybridized carbons (Fsp3) is 0.182. The van der Waals surface area contributed by atoms with E-state index in [1.807, 2.05) is 67.6 Å². The van der Waals surface area contributed by atoms with Crippen LogP contribution in [0, 0.1) is 0 Å². The fourth-order valence-electron chi connectivity index (χ4n) is 2.77. The van der Waals surface area contributed by atoms with Gasteiger partial charge >= 0.3 is 0 Å². The first-order chi connectivity index (χ1) is 13.2. The maximum Gasteiger partial charge on any atom is 0.257 e. The predicted molar refractivity (Wildman–Crippen MR) is 109 cm³/mol. The second kappa shape index (κ2) is 8.85. The van der Waals surface area contributed by atoms with Crippen molar-refractivity contribution in [1.82, 2.24) is 4.98 Å². The van der Waals surface area contributed by atoms with Crippen molar-refractivity contribution in [3.63, 3.8) is 0 Å². The van der Waals surface area contributed by atoms with Gasteiger partial charge in [0.25, 0.3) is 5.91 Å². The lowest BCUT2D eigenvalue weighted by Crippen LogP contribution is -2.18. The molecule has 0 aliphatic heterocycles. The quantitative estimate of drug-likeness (QED) is 0.651. The number of aromatic nitrogens is 1. The zero-order valence-corrected chi connectivity index (χ0v) is 15.6. The van der Waals surface area contributed by atoms with E-state index in [0.29, 0.717) is 17.9 Å². The fourth-order valence-corrected chi connectivity index (χ4v) is 2.77. The third-order valence-electron chi connectivity index (χ3n) is 4.09. The molecule has 0 spiro atoms. The van der Waals surface area contributed by atoms with Gasteiger partial charge in [0.05, 0.1) is 12.2 Å². The second-order valence-electron chi connectivity index (χ2n) is 5.90. The molecule has 2 aromatic carbocycles. The Labute approximate surface area is 159 Å². The number of ether oxygens (including phenoxy) is 1. The molecule has 138 valence electrons. The van der Waals surface area contributed by atoms with E-state index >= 15 is 0 Å². The van der Waals surface area contributed by atoms with Crippen LogP contribution in [0.25, 0.3) is 0 Å². The summed E-state index contributed by atoms with van der Waals surface area (Å²) in [6.07, 6.45) is 1.60. The van der Waals surface area contributed by atoms with Crippen molar-refractivity contribution in [3.05, 3.63) is 78.5 Å². The smallest absolute Gasteiger partial charge is 0.257 e. The molecule has 27 heavy (non-hydrogen) atoms. The topological polar surface area (TPSA) is 54.5 Å². The molecule has 0 bridgehead atoms. The average Bonchev–Trinajstić information content (AvgIpc) is 2.71. The molecule has 3 rings (SSSR count). The molecular formula is C22H23N3O2. The van der Waals surface area contributed by atoms with Crippen molar-refractivity contribution < 1.29 is 9.53 Å². The van der Waals surface area contributed by atoms with Gasteiger partial charge in [0.1, 0.15) is 11.6 Å². The first-order valence-electron chi connectivity index (χ1n) is 9.04. The normalized spacial score (nSPS) is 10.3. The van der Waals surface area contributed by atoms with Crippen molar-refractivity contribution >= 4 is 23.1 Å². The molecule has 1 heterocycles. The third kappa shape index (κ3) is 4.64. The van der Waals surface area contributed by atoms with Crippen LogP contribution >= 0.6 is 0 Å². The Morgan fingerprint density at radius 2 is 1.74 bits per heavy atom. The highest BCUT2D eigenvalue weighted by molar-refractivity contribution is 6.04. The van der Waals surface area contributed by atoms with E-state index < -0.39 is 0 Å². The summed E-state index contributed by atoms with van der Waals surface area (Å²) in [4.78, 5) is 19.0.